The van der Waals surface area contributed by atoms with Crippen LogP contribution in [0.1, 0.15) is 40.2 Å². The molecule has 10 aromatic rings. The molecule has 25 nitrogen and oxygen atoms in total. The Bertz CT molecular complexity index is 4060. The summed E-state index contributed by atoms with van der Waals surface area (Å²) >= 11 is 33.8. The van der Waals surface area contributed by atoms with Crippen LogP contribution >= 0.6 is 89.8 Å². The Hall–Kier alpha value is -7.70. The van der Waals surface area contributed by atoms with Crippen LogP contribution in [0.5, 0.6) is 11.6 Å². The second kappa shape index (κ2) is 26.1. The van der Waals surface area contributed by atoms with E-state index in [1.165, 1.54) is 68.6 Å². The van der Waals surface area contributed by atoms with Crippen LogP contribution in [0.2, 0.25) is 31.3 Å². The zero-order valence-electron chi connectivity index (χ0n) is 44.0. The summed E-state index contributed by atoms with van der Waals surface area (Å²) in [5, 5.41) is 14.2. The SMILES string of the molecule is CC(=O)N(O)c1ccc(-n2cnc3c(Cl)nc(Cl)nc32)nc1.CC(=O)Nc1ccc(-n2cnc3c(Cl)nc(Cl)nc32)nc1OC(F)(F)F.CC(=O)Nc1cnc(-n2cnc3c(Cl)nc(Cl)nc32)cc1OC(F)(F)F.CI1OC(C)(C)c2ccccc21. The average Bonchev–Trinajstić information content (AvgIpc) is 1.95. The van der Waals surface area contributed by atoms with Crippen molar-refractivity contribution in [3.8, 4) is 29.1 Å². The number of nitrogens with one attached hydrogen (secondary N) is 2. The van der Waals surface area contributed by atoms with Crippen LogP contribution < -0.4 is 25.2 Å². The molecule has 3 N–H and O–H groups in total. The summed E-state index contributed by atoms with van der Waals surface area (Å²) < 4.78 is 95.3. The zero-order chi connectivity index (χ0) is 62.7. The summed E-state index contributed by atoms with van der Waals surface area (Å²) in [6.45, 7) is 7.82. The normalized spacial score (nSPS) is 12.9. The minimum atomic E-state index is -5.01. The number of anilines is 3. The fourth-order valence-electron chi connectivity index (χ4n) is 7.49. The van der Waals surface area contributed by atoms with Crippen LogP contribution in [0.15, 0.2) is 86.0 Å². The monoisotopic (exact) mass is 1430 g/mol. The Morgan fingerprint density at radius 1 is 0.605 bits per heavy atom. The van der Waals surface area contributed by atoms with E-state index < -0.39 is 62.3 Å². The van der Waals surface area contributed by atoms with Crippen LogP contribution in [0.3, 0.4) is 0 Å². The standard InChI is InChI=1S/2C13H7Cl2F3N6O2.C12H8Cl2N6O2.C10H13IO/c1-5(25)21-6-3-19-8(2-7(6)26-13(16,17)18)24-4-20-9-10(14)22-12(15)23-11(9)24;1-5(25)20-6-2-3-7(21-11(6)26-13(16,17)18)24-4-19-8-9(14)22-12(15)23-10(8)24;1-6(21)20(22)7-2-3-8(15-4-7)19-5-16-9-10(13)17-12(14)18-11(9)19;1-10(2)8-6-4-5-7-9(8)11(3)12-10/h2-4H,1H3,(H,21,25);2-4H,1H3,(H,20,25);2-5,22H,1H3;4-7H,1-3H3. The molecule has 0 spiro atoms. The van der Waals surface area contributed by atoms with Crippen molar-refractivity contribution in [2.45, 2.75) is 52.9 Å². The topological polar surface area (TPSA) is 296 Å². The fourth-order valence-corrected chi connectivity index (χ4v) is 13.2. The average molecular weight is 1430 g/mol. The fraction of sp³-hybridized carbons (Fsp3) is 0.188. The molecule has 3 amide bonds. The number of nitrogens with zero attached hydrogens (tertiary/aromatic N) is 16. The predicted octanol–water partition coefficient (Wildman–Crippen LogP) is 12.2. The molecule has 9 aromatic heterocycles. The Morgan fingerprint density at radius 3 is 1.53 bits per heavy atom. The van der Waals surface area contributed by atoms with Gasteiger partial charge in [-0.05, 0) is 59.1 Å². The van der Waals surface area contributed by atoms with Crippen LogP contribution in [0.25, 0.3) is 50.9 Å². The number of imidazole rings is 3. The van der Waals surface area contributed by atoms with Crippen LogP contribution in [0.4, 0.5) is 43.4 Å². The van der Waals surface area contributed by atoms with Crippen LogP contribution in [0, 0.1) is 3.57 Å². The molecule has 0 unspecified atom stereocenters. The molecule has 1 aliphatic heterocycles. The van der Waals surface area contributed by atoms with E-state index in [2.05, 4.69) is 123 Å². The molecule has 450 valence electrons. The Morgan fingerprint density at radius 2 is 1.07 bits per heavy atom. The van der Waals surface area contributed by atoms with Gasteiger partial charge in [0.1, 0.15) is 64.4 Å². The van der Waals surface area contributed by atoms with Crippen molar-refractivity contribution in [1.82, 2.24) is 73.5 Å². The van der Waals surface area contributed by atoms with Gasteiger partial charge in [0.15, 0.2) is 38.2 Å². The quantitative estimate of drug-likeness (QED) is 0.0242. The molecule has 38 heteroatoms. The molecule has 10 heterocycles. The number of carbonyl (C=O) groups excluding carboxylic acids is 3. The summed E-state index contributed by atoms with van der Waals surface area (Å²) in [4.78, 5) is 82.9. The van der Waals surface area contributed by atoms with Gasteiger partial charge in [-0.1, -0.05) is 34.8 Å². The molecule has 1 aliphatic rings. The Balaban J connectivity index is 0.000000153. The number of benzene rings is 1. The summed E-state index contributed by atoms with van der Waals surface area (Å²) in [6.07, 6.45) is -3.69. The number of ether oxygens (including phenoxy) is 2. The maximum absolute atomic E-state index is 12.7. The summed E-state index contributed by atoms with van der Waals surface area (Å²) in [7, 11) is 0. The molecule has 0 saturated heterocycles. The third-order valence-electron chi connectivity index (χ3n) is 10.9. The van der Waals surface area contributed by atoms with E-state index in [1.807, 2.05) is 0 Å². The van der Waals surface area contributed by atoms with E-state index >= 15 is 0 Å². The minimum absolute atomic E-state index is 0.00557. The second-order valence-electron chi connectivity index (χ2n) is 17.4. The number of alkyl halides is 7. The van der Waals surface area contributed by atoms with Crippen molar-refractivity contribution in [1.29, 1.82) is 0 Å². The number of carbonyl (C=O) groups is 3. The number of rotatable bonds is 8. The number of amides is 3. The van der Waals surface area contributed by atoms with Gasteiger partial charge >= 0.3 is 93.8 Å². The summed E-state index contributed by atoms with van der Waals surface area (Å²) in [5.74, 6) is -2.79. The van der Waals surface area contributed by atoms with Crippen molar-refractivity contribution in [3.63, 3.8) is 0 Å². The molecule has 0 aliphatic carbocycles. The van der Waals surface area contributed by atoms with Crippen LogP contribution in [-0.4, -0.2) is 114 Å². The number of aromatic nitrogens is 15. The van der Waals surface area contributed by atoms with E-state index in [0.717, 1.165) is 26.1 Å². The Labute approximate surface area is 515 Å². The van der Waals surface area contributed by atoms with Gasteiger partial charge < -0.3 is 20.1 Å². The molecular weight excluding hydrogens is 1390 g/mol. The molecular formula is C48H35Cl6F6IN18O7. The van der Waals surface area contributed by atoms with Crippen molar-refractivity contribution in [3.05, 3.63) is 126 Å². The van der Waals surface area contributed by atoms with Crippen molar-refractivity contribution < 1.29 is 58.5 Å². The maximum atomic E-state index is 12.7. The summed E-state index contributed by atoms with van der Waals surface area (Å²) in [5.41, 5.74) is 2.52. The molecule has 0 fully saturated rings. The third kappa shape index (κ3) is 15.5. The first kappa shape index (κ1) is 64.3. The molecule has 11 rings (SSSR count). The third-order valence-corrected chi connectivity index (χ3v) is 16.5. The molecule has 86 heavy (non-hydrogen) atoms. The van der Waals surface area contributed by atoms with Crippen LogP contribution in [-0.2, 0) is 23.1 Å². The number of hydrogen-bond acceptors (Lipinski definition) is 19. The van der Waals surface area contributed by atoms with Gasteiger partial charge in [0.2, 0.25) is 39.5 Å². The number of hydroxylamine groups is 1. The van der Waals surface area contributed by atoms with Crippen molar-refractivity contribution in [2.24, 2.45) is 0 Å². The molecule has 1 aromatic carbocycles. The van der Waals surface area contributed by atoms with Crippen molar-refractivity contribution in [2.75, 3.05) is 20.6 Å². The Kier molecular flexibility index (Phi) is 19.5. The van der Waals surface area contributed by atoms with E-state index in [0.29, 0.717) is 22.0 Å². The number of pyridine rings is 3. The summed E-state index contributed by atoms with van der Waals surface area (Å²) in [6, 6.07) is 15.2. The predicted molar refractivity (Wildman–Crippen MR) is 310 cm³/mol. The van der Waals surface area contributed by atoms with Gasteiger partial charge in [-0.15, -0.1) is 26.3 Å². The molecule has 0 radical (unpaired) electrons. The van der Waals surface area contributed by atoms with Gasteiger partial charge in [0, 0.05) is 26.8 Å². The van der Waals surface area contributed by atoms with Gasteiger partial charge in [0.25, 0.3) is 0 Å². The number of hydrogen-bond donors (Lipinski definition) is 3. The number of halogens is 13. The van der Waals surface area contributed by atoms with Crippen molar-refractivity contribution >= 4 is 158 Å². The van der Waals surface area contributed by atoms with E-state index in [1.54, 1.807) is 10.6 Å². The van der Waals surface area contributed by atoms with E-state index in [4.69, 9.17) is 72.7 Å². The molecule has 0 bridgehead atoms. The zero-order valence-corrected chi connectivity index (χ0v) is 50.7. The van der Waals surface area contributed by atoms with E-state index in [9.17, 15) is 45.9 Å². The molecule has 0 saturated carbocycles. The first-order chi connectivity index (χ1) is 40.4. The first-order valence-electron chi connectivity index (χ1n) is 23.5. The van der Waals surface area contributed by atoms with Gasteiger partial charge in [-0.25, -0.2) is 39.9 Å². The second-order valence-corrected chi connectivity index (χ2v) is 23.5. The van der Waals surface area contributed by atoms with Gasteiger partial charge in [0.05, 0.1) is 18.1 Å². The van der Waals surface area contributed by atoms with Gasteiger partial charge in [-0.2, -0.15) is 25.0 Å². The first-order valence-corrected chi connectivity index (χ1v) is 29.9. The van der Waals surface area contributed by atoms with E-state index in [-0.39, 0.29) is 87.9 Å². The van der Waals surface area contributed by atoms with Gasteiger partial charge in [-0.3, -0.25) is 33.3 Å². The number of fused-ring (bicyclic) bond motifs is 4. The molecule has 0 atom stereocenters.